The predicted molar refractivity (Wildman–Crippen MR) is 149 cm³/mol. The molecule has 1 heterocycles. The molecule has 1 aliphatic rings. The van der Waals surface area contributed by atoms with Gasteiger partial charge < -0.3 is 19.9 Å². The van der Waals surface area contributed by atoms with E-state index in [2.05, 4.69) is 45.5 Å². The molecule has 0 spiro atoms. The summed E-state index contributed by atoms with van der Waals surface area (Å²) in [6.07, 6.45) is 3.91. The van der Waals surface area contributed by atoms with E-state index in [0.29, 0.717) is 37.6 Å². The number of ether oxygens (including phenoxy) is 2. The molecule has 0 bridgehead atoms. The van der Waals surface area contributed by atoms with E-state index in [-0.39, 0.29) is 19.1 Å². The van der Waals surface area contributed by atoms with Crippen LogP contribution in [0.5, 0.6) is 5.75 Å². The molecule has 0 unspecified atom stereocenters. The second kappa shape index (κ2) is 13.4. The van der Waals surface area contributed by atoms with Crippen LogP contribution < -0.4 is 10.1 Å². The summed E-state index contributed by atoms with van der Waals surface area (Å²) >= 11 is 3.48. The molecule has 1 amide bonds. The van der Waals surface area contributed by atoms with E-state index in [1.807, 2.05) is 54.6 Å². The van der Waals surface area contributed by atoms with Crippen molar-refractivity contribution >= 4 is 27.7 Å². The molecular weight excluding hydrogens is 532 g/mol. The summed E-state index contributed by atoms with van der Waals surface area (Å²) in [5.41, 5.74) is 2.09. The lowest BCUT2D eigenvalue weighted by Crippen LogP contribution is -2.48. The first-order valence-corrected chi connectivity index (χ1v) is 13.5. The van der Waals surface area contributed by atoms with Crippen LogP contribution in [0.25, 0.3) is 0 Å². The number of nitrogens with zero attached hydrogens (tertiary/aromatic N) is 1. The van der Waals surface area contributed by atoms with E-state index >= 15 is 0 Å². The lowest BCUT2D eigenvalue weighted by atomic mass is 9.91. The minimum Gasteiger partial charge on any atom is -0.494 e. The number of aliphatic imine (C=N–C) groups is 1. The van der Waals surface area contributed by atoms with Gasteiger partial charge in [-0.3, -0.25) is 4.79 Å². The molecule has 0 radical (unpaired) electrons. The Morgan fingerprint density at radius 3 is 2.46 bits per heavy atom. The second-order valence-corrected chi connectivity index (χ2v) is 10.1. The Hall–Kier alpha value is -3.16. The Morgan fingerprint density at radius 2 is 1.73 bits per heavy atom. The van der Waals surface area contributed by atoms with Gasteiger partial charge in [-0.25, -0.2) is 4.99 Å². The second-order valence-electron chi connectivity index (χ2n) is 9.19. The van der Waals surface area contributed by atoms with Crippen LogP contribution in [-0.4, -0.2) is 48.8 Å². The van der Waals surface area contributed by atoms with Crippen molar-refractivity contribution in [3.63, 3.8) is 0 Å². The molecule has 0 aromatic heterocycles. The molecule has 1 atom stereocenters. The number of unbranched alkanes of at least 4 members (excludes halogenated alkanes) is 1. The highest BCUT2D eigenvalue weighted by Gasteiger charge is 2.44. The maximum absolute atomic E-state index is 13.5. The number of hydrogen-bond acceptors (Lipinski definition) is 5. The van der Waals surface area contributed by atoms with Gasteiger partial charge in [-0.05, 0) is 66.8 Å². The molecule has 0 saturated carbocycles. The fourth-order valence-electron chi connectivity index (χ4n) is 4.24. The number of halogens is 1. The maximum atomic E-state index is 13.5. The third-order valence-electron chi connectivity index (χ3n) is 6.29. The molecule has 3 aromatic rings. The quantitative estimate of drug-likeness (QED) is 0.283. The topological polar surface area (TPSA) is 80.2 Å². The summed E-state index contributed by atoms with van der Waals surface area (Å²) in [7, 11) is 0. The van der Waals surface area contributed by atoms with Crippen LogP contribution in [0, 0.1) is 0 Å². The van der Waals surface area contributed by atoms with Gasteiger partial charge in [-0.15, -0.1) is 0 Å². The van der Waals surface area contributed by atoms with Gasteiger partial charge in [0.1, 0.15) is 12.4 Å². The Bertz CT molecular complexity index is 1170. The number of carbonyl (C=O) groups is 1. The molecule has 0 fully saturated rings. The van der Waals surface area contributed by atoms with E-state index in [1.54, 1.807) is 0 Å². The summed E-state index contributed by atoms with van der Waals surface area (Å²) in [5.74, 6) is 1.05. The fraction of sp³-hybridized carbons (Fsp3) is 0.333. The number of aliphatic hydroxyl groups excluding tert-OH is 1. The molecule has 3 aromatic carbocycles. The molecule has 37 heavy (non-hydrogen) atoms. The Balaban J connectivity index is 1.43. The molecule has 7 heteroatoms. The number of nitrogens with one attached hydrogen (secondary N) is 1. The average molecular weight is 566 g/mol. The summed E-state index contributed by atoms with van der Waals surface area (Å²) in [6, 6.07) is 25.8. The van der Waals surface area contributed by atoms with Gasteiger partial charge >= 0.3 is 0 Å². The maximum Gasteiger partial charge on any atom is 0.251 e. The SMILES string of the molecule is O=C(NCCCCc1ccccc1)[C@@]1(Cc2ccc(Br)cc2)COC(c2ccc(OCCCO)cc2)=N1. The van der Waals surface area contributed by atoms with E-state index in [9.17, 15) is 4.79 Å². The van der Waals surface area contributed by atoms with Crippen molar-refractivity contribution in [1.82, 2.24) is 5.32 Å². The van der Waals surface area contributed by atoms with E-state index < -0.39 is 5.54 Å². The van der Waals surface area contributed by atoms with Crippen molar-refractivity contribution in [3.8, 4) is 5.75 Å². The molecule has 0 saturated heterocycles. The van der Waals surface area contributed by atoms with Crippen molar-refractivity contribution in [2.24, 2.45) is 4.99 Å². The summed E-state index contributed by atoms with van der Waals surface area (Å²) < 4.78 is 12.6. The number of aliphatic hydroxyl groups is 1. The number of aryl methyl sites for hydroxylation is 1. The summed E-state index contributed by atoms with van der Waals surface area (Å²) in [5, 5.41) is 12.0. The highest BCUT2D eigenvalue weighted by atomic mass is 79.9. The number of rotatable bonds is 13. The van der Waals surface area contributed by atoms with Crippen LogP contribution in [0.1, 0.15) is 36.0 Å². The zero-order valence-electron chi connectivity index (χ0n) is 20.9. The number of benzene rings is 3. The zero-order valence-corrected chi connectivity index (χ0v) is 22.5. The number of carbonyl (C=O) groups excluding carboxylic acids is 1. The van der Waals surface area contributed by atoms with Crippen molar-refractivity contribution in [1.29, 1.82) is 0 Å². The van der Waals surface area contributed by atoms with Crippen molar-refractivity contribution < 1.29 is 19.4 Å². The predicted octanol–water partition coefficient (Wildman–Crippen LogP) is 5.11. The molecule has 4 rings (SSSR count). The van der Waals surface area contributed by atoms with Crippen LogP contribution in [0.4, 0.5) is 0 Å². The van der Waals surface area contributed by atoms with Crippen LogP contribution in [0.2, 0.25) is 0 Å². The molecule has 2 N–H and O–H groups in total. The first kappa shape index (κ1) is 26.9. The first-order valence-electron chi connectivity index (χ1n) is 12.7. The molecule has 194 valence electrons. The molecule has 1 aliphatic heterocycles. The van der Waals surface area contributed by atoms with E-state index in [1.165, 1.54) is 5.56 Å². The van der Waals surface area contributed by atoms with E-state index in [4.69, 9.17) is 19.6 Å². The van der Waals surface area contributed by atoms with Crippen molar-refractivity contribution in [3.05, 3.63) is 100 Å². The smallest absolute Gasteiger partial charge is 0.251 e. The number of hydrogen-bond donors (Lipinski definition) is 2. The van der Waals surface area contributed by atoms with Gasteiger partial charge in [0.25, 0.3) is 5.91 Å². The van der Waals surface area contributed by atoms with Gasteiger partial charge in [0, 0.05) is 36.0 Å². The number of amides is 1. The minimum atomic E-state index is -1.03. The lowest BCUT2D eigenvalue weighted by molar-refractivity contribution is -0.126. The highest BCUT2D eigenvalue weighted by molar-refractivity contribution is 9.10. The lowest BCUT2D eigenvalue weighted by Gasteiger charge is -2.23. The highest BCUT2D eigenvalue weighted by Crippen LogP contribution is 2.28. The van der Waals surface area contributed by atoms with E-state index in [0.717, 1.165) is 34.9 Å². The Kier molecular flexibility index (Phi) is 9.74. The third-order valence-corrected chi connectivity index (χ3v) is 6.82. The van der Waals surface area contributed by atoms with Gasteiger partial charge in [0.05, 0.1) is 6.61 Å². The standard InChI is InChI=1S/C30H33BrN2O4/c31-26-14-10-24(11-15-26)21-30(29(35)32-18-5-4-9-23-7-2-1-3-8-23)22-37-28(33-30)25-12-16-27(17-13-25)36-20-6-19-34/h1-3,7-8,10-17,34H,4-6,9,18-22H2,(H,32,35)/t30-/m1/s1. The van der Waals surface area contributed by atoms with Crippen LogP contribution in [-0.2, 0) is 22.4 Å². The first-order chi connectivity index (χ1) is 18.1. The average Bonchev–Trinajstić information content (AvgIpc) is 3.36. The largest absolute Gasteiger partial charge is 0.494 e. The van der Waals surface area contributed by atoms with Gasteiger partial charge in [-0.2, -0.15) is 0 Å². The summed E-state index contributed by atoms with van der Waals surface area (Å²) in [4.78, 5) is 18.4. The minimum absolute atomic E-state index is 0.0955. The van der Waals surface area contributed by atoms with Crippen molar-refractivity contribution in [2.45, 2.75) is 37.6 Å². The zero-order chi connectivity index (χ0) is 25.9. The van der Waals surface area contributed by atoms with Gasteiger partial charge in [0.15, 0.2) is 5.54 Å². The monoisotopic (exact) mass is 564 g/mol. The Morgan fingerprint density at radius 1 is 0.973 bits per heavy atom. The molecular formula is C30H33BrN2O4. The van der Waals surface area contributed by atoms with Crippen molar-refractivity contribution in [2.75, 3.05) is 26.4 Å². The third kappa shape index (κ3) is 7.66. The normalized spacial score (nSPS) is 16.6. The van der Waals surface area contributed by atoms with Crippen LogP contribution >= 0.6 is 15.9 Å². The molecule has 6 nitrogen and oxygen atoms in total. The van der Waals surface area contributed by atoms with Gasteiger partial charge in [0.2, 0.25) is 5.90 Å². The fourth-order valence-corrected chi connectivity index (χ4v) is 4.50. The van der Waals surface area contributed by atoms with Gasteiger partial charge in [-0.1, -0.05) is 58.4 Å². The summed E-state index contributed by atoms with van der Waals surface area (Å²) in [6.45, 7) is 1.33. The Labute approximate surface area is 226 Å². The molecule has 0 aliphatic carbocycles. The van der Waals surface area contributed by atoms with Crippen LogP contribution in [0.15, 0.2) is 88.3 Å². The van der Waals surface area contributed by atoms with Crippen LogP contribution in [0.3, 0.4) is 0 Å².